The van der Waals surface area contributed by atoms with E-state index >= 15 is 0 Å². The van der Waals surface area contributed by atoms with Crippen LogP contribution in [0.1, 0.15) is 41.4 Å². The fraction of sp³-hybridized carbons (Fsp3) is 0. The van der Waals surface area contributed by atoms with E-state index in [9.17, 15) is 19.2 Å². The number of fused-ring (bicyclic) bond motifs is 2. The second-order valence-corrected chi connectivity index (χ2v) is 5.05. The van der Waals surface area contributed by atoms with E-state index in [1.165, 1.54) is 0 Å². The van der Waals surface area contributed by atoms with Crippen LogP contribution in [0.2, 0.25) is 0 Å². The Hall–Kier alpha value is -3.28. The molecule has 0 fully saturated rings. The van der Waals surface area contributed by atoms with Crippen molar-refractivity contribution in [2.45, 2.75) is 0 Å². The monoisotopic (exact) mass is 292 g/mol. The van der Waals surface area contributed by atoms with E-state index < -0.39 is 23.6 Å². The van der Waals surface area contributed by atoms with Gasteiger partial charge in [0, 0.05) is 0 Å². The van der Waals surface area contributed by atoms with Crippen LogP contribution in [0.15, 0.2) is 36.4 Å². The van der Waals surface area contributed by atoms with Crippen LogP contribution in [-0.4, -0.2) is 23.6 Å². The Morgan fingerprint density at radius 1 is 0.591 bits per heavy atom. The molecule has 106 valence electrons. The molecule has 4 amide bonds. The summed E-state index contributed by atoms with van der Waals surface area (Å²) >= 11 is 0. The van der Waals surface area contributed by atoms with Gasteiger partial charge in [-0.3, -0.25) is 29.8 Å². The zero-order chi connectivity index (χ0) is 15.4. The third-order valence-corrected chi connectivity index (χ3v) is 3.81. The molecule has 22 heavy (non-hydrogen) atoms. The third kappa shape index (κ3) is 1.54. The molecule has 0 atom stereocenters. The first-order valence-corrected chi connectivity index (χ1v) is 6.55. The minimum Gasteiger partial charge on any atom is -0.288 e. The minimum atomic E-state index is -0.463. The summed E-state index contributed by atoms with van der Waals surface area (Å²) in [6.45, 7) is 0. The fourth-order valence-electron chi connectivity index (χ4n) is 2.80. The normalized spacial score (nSPS) is 15.5. The van der Waals surface area contributed by atoms with Crippen molar-refractivity contribution < 1.29 is 19.2 Å². The molecular formula is C16H8N2O4. The number of nitrogens with one attached hydrogen (secondary N) is 2. The first kappa shape index (κ1) is 12.5. The van der Waals surface area contributed by atoms with Crippen LogP contribution >= 0.6 is 0 Å². The van der Waals surface area contributed by atoms with Gasteiger partial charge in [-0.05, 0) is 29.3 Å². The summed E-state index contributed by atoms with van der Waals surface area (Å²) in [5, 5.41) is 4.47. The van der Waals surface area contributed by atoms with Crippen molar-refractivity contribution in [1.82, 2.24) is 10.6 Å². The summed E-state index contributed by atoms with van der Waals surface area (Å²) in [6.07, 6.45) is 0. The lowest BCUT2D eigenvalue weighted by Crippen LogP contribution is -2.20. The third-order valence-electron chi connectivity index (χ3n) is 3.81. The molecular weight excluding hydrogens is 284 g/mol. The van der Waals surface area contributed by atoms with Gasteiger partial charge in [0.05, 0.1) is 22.3 Å². The number of carbonyl (C=O) groups excluding carboxylic acids is 4. The van der Waals surface area contributed by atoms with Crippen molar-refractivity contribution in [3.05, 3.63) is 58.7 Å². The van der Waals surface area contributed by atoms with E-state index in [-0.39, 0.29) is 11.1 Å². The van der Waals surface area contributed by atoms with E-state index in [4.69, 9.17) is 0 Å². The second kappa shape index (κ2) is 4.11. The lowest BCUT2D eigenvalue weighted by molar-refractivity contribution is 0.0863. The standard InChI is InChI=1S/C16H8N2O4/c19-13-9-5-4-7(6-11(9)15(21)17-13)8-2-1-3-10-12(8)16(22)18-14(10)20/h1-6H,(H,17,19,21)(H,18,20,22). The van der Waals surface area contributed by atoms with Crippen molar-refractivity contribution in [2.75, 3.05) is 0 Å². The van der Waals surface area contributed by atoms with Crippen molar-refractivity contribution in [1.29, 1.82) is 0 Å². The van der Waals surface area contributed by atoms with Gasteiger partial charge in [-0.25, -0.2) is 0 Å². The van der Waals surface area contributed by atoms with Gasteiger partial charge in [0.2, 0.25) is 0 Å². The second-order valence-electron chi connectivity index (χ2n) is 5.05. The van der Waals surface area contributed by atoms with Crippen LogP contribution in [0.4, 0.5) is 0 Å². The minimum absolute atomic E-state index is 0.268. The Kier molecular flexibility index (Phi) is 2.33. The molecule has 4 rings (SSSR count). The quantitative estimate of drug-likeness (QED) is 0.770. The van der Waals surface area contributed by atoms with Gasteiger partial charge < -0.3 is 0 Å². The number of hydrogen-bond donors (Lipinski definition) is 2. The van der Waals surface area contributed by atoms with Crippen LogP contribution in [0, 0.1) is 0 Å². The number of rotatable bonds is 1. The van der Waals surface area contributed by atoms with Gasteiger partial charge in [0.25, 0.3) is 23.6 Å². The number of hydrogen-bond acceptors (Lipinski definition) is 4. The summed E-state index contributed by atoms with van der Waals surface area (Å²) in [4.78, 5) is 47.0. The number of benzene rings is 2. The summed E-state index contributed by atoms with van der Waals surface area (Å²) in [5.41, 5.74) is 2.33. The Morgan fingerprint density at radius 2 is 1.23 bits per heavy atom. The predicted octanol–water partition coefficient (Wildman–Crippen LogP) is 1.12. The molecule has 0 saturated heterocycles. The zero-order valence-electron chi connectivity index (χ0n) is 11.1. The van der Waals surface area contributed by atoms with Crippen molar-refractivity contribution >= 4 is 23.6 Å². The first-order valence-electron chi connectivity index (χ1n) is 6.55. The Morgan fingerprint density at radius 3 is 2.05 bits per heavy atom. The fourth-order valence-corrected chi connectivity index (χ4v) is 2.80. The van der Waals surface area contributed by atoms with Crippen molar-refractivity contribution in [2.24, 2.45) is 0 Å². The van der Waals surface area contributed by atoms with Gasteiger partial charge >= 0.3 is 0 Å². The van der Waals surface area contributed by atoms with E-state index in [1.807, 2.05) is 0 Å². The van der Waals surface area contributed by atoms with Gasteiger partial charge in [-0.2, -0.15) is 0 Å². The summed E-state index contributed by atoms with van der Waals surface area (Å²) in [6, 6.07) is 9.70. The summed E-state index contributed by atoms with van der Waals surface area (Å²) < 4.78 is 0. The lowest BCUT2D eigenvalue weighted by Gasteiger charge is -2.07. The molecule has 0 bridgehead atoms. The highest BCUT2D eigenvalue weighted by molar-refractivity contribution is 6.25. The molecule has 0 saturated carbocycles. The van der Waals surface area contributed by atoms with Crippen LogP contribution in [0.25, 0.3) is 11.1 Å². The largest absolute Gasteiger partial charge is 0.288 e. The lowest BCUT2D eigenvalue weighted by atomic mass is 9.94. The summed E-state index contributed by atoms with van der Waals surface area (Å²) in [7, 11) is 0. The van der Waals surface area contributed by atoms with Gasteiger partial charge in [0.15, 0.2) is 0 Å². The van der Waals surface area contributed by atoms with Crippen LogP contribution in [0.3, 0.4) is 0 Å². The van der Waals surface area contributed by atoms with Gasteiger partial charge in [-0.1, -0.05) is 18.2 Å². The van der Waals surface area contributed by atoms with Crippen LogP contribution in [0.5, 0.6) is 0 Å². The predicted molar refractivity (Wildman–Crippen MR) is 75.5 cm³/mol. The smallest absolute Gasteiger partial charge is 0.259 e. The Bertz CT molecular complexity index is 914. The Labute approximate surface area is 124 Å². The molecule has 0 unspecified atom stereocenters. The maximum absolute atomic E-state index is 12.0. The van der Waals surface area contributed by atoms with Gasteiger partial charge in [-0.15, -0.1) is 0 Å². The molecule has 2 aromatic carbocycles. The molecule has 0 radical (unpaired) electrons. The highest BCUT2D eigenvalue weighted by atomic mass is 16.2. The number of imide groups is 2. The average molecular weight is 292 g/mol. The van der Waals surface area contributed by atoms with Gasteiger partial charge in [0.1, 0.15) is 0 Å². The zero-order valence-corrected chi connectivity index (χ0v) is 11.1. The molecule has 2 aromatic rings. The topological polar surface area (TPSA) is 92.3 Å². The van der Waals surface area contributed by atoms with Crippen molar-refractivity contribution in [3.63, 3.8) is 0 Å². The molecule has 6 heteroatoms. The van der Waals surface area contributed by atoms with Crippen LogP contribution < -0.4 is 10.6 Å². The van der Waals surface area contributed by atoms with Crippen molar-refractivity contribution in [3.8, 4) is 11.1 Å². The average Bonchev–Trinajstić information content (AvgIpc) is 2.96. The first-order chi connectivity index (χ1) is 10.6. The highest BCUT2D eigenvalue weighted by Crippen LogP contribution is 2.31. The molecule has 2 aliphatic heterocycles. The van der Waals surface area contributed by atoms with E-state index in [1.54, 1.807) is 36.4 Å². The highest BCUT2D eigenvalue weighted by Gasteiger charge is 2.31. The number of amides is 4. The molecule has 2 heterocycles. The maximum Gasteiger partial charge on any atom is 0.259 e. The van der Waals surface area contributed by atoms with E-state index in [0.29, 0.717) is 22.3 Å². The Balaban J connectivity index is 1.94. The summed E-state index contributed by atoms with van der Waals surface area (Å²) in [5.74, 6) is -1.79. The maximum atomic E-state index is 12.0. The van der Waals surface area contributed by atoms with E-state index in [0.717, 1.165) is 0 Å². The number of carbonyl (C=O) groups is 4. The SMILES string of the molecule is O=C1NC(=O)c2cc(-c3cccc4c3C(=O)NC4=O)ccc21. The molecule has 6 nitrogen and oxygen atoms in total. The molecule has 0 spiro atoms. The van der Waals surface area contributed by atoms with Crippen LogP contribution in [-0.2, 0) is 0 Å². The molecule has 0 aliphatic carbocycles. The van der Waals surface area contributed by atoms with E-state index in [2.05, 4.69) is 10.6 Å². The molecule has 2 aliphatic rings. The molecule has 2 N–H and O–H groups in total. The molecule has 0 aromatic heterocycles.